The molecule has 1 aromatic carbocycles. The van der Waals surface area contributed by atoms with E-state index in [4.69, 9.17) is 5.73 Å². The smallest absolute Gasteiger partial charge is 0.180 e. The number of rotatable bonds is 3. The third-order valence-electron chi connectivity index (χ3n) is 2.35. The Morgan fingerprint density at radius 3 is 2.56 bits per heavy atom. The summed E-state index contributed by atoms with van der Waals surface area (Å²) in [4.78, 5) is 5.72. The number of nitrogen functional groups attached to an aromatic ring is 1. The molecule has 2 aromatic rings. The van der Waals surface area contributed by atoms with Crippen LogP contribution in [0.1, 0.15) is 18.7 Å². The van der Waals surface area contributed by atoms with Gasteiger partial charge in [0.2, 0.25) is 0 Å². The van der Waals surface area contributed by atoms with E-state index in [0.717, 1.165) is 17.7 Å². The van der Waals surface area contributed by atoms with Gasteiger partial charge in [0.25, 0.3) is 0 Å². The third-order valence-corrected chi connectivity index (χ3v) is 3.26. The fourth-order valence-electron chi connectivity index (χ4n) is 1.70. The van der Waals surface area contributed by atoms with Crippen molar-refractivity contribution in [2.75, 3.05) is 5.73 Å². The van der Waals surface area contributed by atoms with Gasteiger partial charge in [-0.15, -0.1) is 11.3 Å². The van der Waals surface area contributed by atoms with E-state index in [-0.39, 0.29) is 0 Å². The monoisotopic (exact) mass is 232 g/mol. The Balaban J connectivity index is 2.40. The molecule has 3 heteroatoms. The second-order valence-electron chi connectivity index (χ2n) is 4.29. The molecule has 0 unspecified atom stereocenters. The molecule has 1 heterocycles. The van der Waals surface area contributed by atoms with E-state index >= 15 is 0 Å². The van der Waals surface area contributed by atoms with E-state index in [2.05, 4.69) is 31.0 Å². The molecule has 0 aliphatic heterocycles. The zero-order valence-corrected chi connectivity index (χ0v) is 10.4. The lowest BCUT2D eigenvalue weighted by molar-refractivity contribution is 0.654. The van der Waals surface area contributed by atoms with Gasteiger partial charge in [0.15, 0.2) is 5.13 Å². The first-order valence-electron chi connectivity index (χ1n) is 5.47. The molecule has 16 heavy (non-hydrogen) atoms. The van der Waals surface area contributed by atoms with Gasteiger partial charge in [-0.05, 0) is 12.3 Å². The van der Waals surface area contributed by atoms with E-state index < -0.39 is 0 Å². The Kier molecular flexibility index (Phi) is 3.25. The number of aromatic nitrogens is 1. The van der Waals surface area contributed by atoms with Crippen molar-refractivity contribution in [3.63, 3.8) is 0 Å². The summed E-state index contributed by atoms with van der Waals surface area (Å²) in [6.45, 7) is 4.43. The van der Waals surface area contributed by atoms with Gasteiger partial charge in [0.1, 0.15) is 0 Å². The van der Waals surface area contributed by atoms with Gasteiger partial charge >= 0.3 is 0 Å². The molecule has 0 fully saturated rings. The highest BCUT2D eigenvalue weighted by Gasteiger charge is 2.12. The van der Waals surface area contributed by atoms with Crippen molar-refractivity contribution in [2.45, 2.75) is 20.3 Å². The molecule has 0 radical (unpaired) electrons. The quantitative estimate of drug-likeness (QED) is 0.878. The van der Waals surface area contributed by atoms with Crippen molar-refractivity contribution in [1.82, 2.24) is 4.98 Å². The van der Waals surface area contributed by atoms with Gasteiger partial charge in [0.05, 0.1) is 5.69 Å². The lowest BCUT2D eigenvalue weighted by Crippen LogP contribution is -1.93. The van der Waals surface area contributed by atoms with Crippen molar-refractivity contribution in [2.24, 2.45) is 5.92 Å². The summed E-state index contributed by atoms with van der Waals surface area (Å²) < 4.78 is 0. The lowest BCUT2D eigenvalue weighted by atomic mass is 10.1. The van der Waals surface area contributed by atoms with Crippen LogP contribution in [0.25, 0.3) is 11.3 Å². The normalized spacial score (nSPS) is 10.9. The summed E-state index contributed by atoms with van der Waals surface area (Å²) >= 11 is 1.60. The number of nitrogens with zero attached hydrogens (tertiary/aromatic N) is 1. The van der Waals surface area contributed by atoms with Crippen molar-refractivity contribution < 1.29 is 0 Å². The molecule has 2 nitrogen and oxygen atoms in total. The van der Waals surface area contributed by atoms with Crippen LogP contribution in [-0.2, 0) is 6.42 Å². The highest BCUT2D eigenvalue weighted by Crippen LogP contribution is 2.31. The SMILES string of the molecule is CC(C)Cc1sc(N)nc1-c1ccccc1. The highest BCUT2D eigenvalue weighted by molar-refractivity contribution is 7.15. The number of anilines is 1. The maximum atomic E-state index is 5.80. The predicted molar refractivity (Wildman–Crippen MR) is 70.5 cm³/mol. The molecule has 0 aliphatic rings. The lowest BCUT2D eigenvalue weighted by Gasteiger charge is -2.04. The van der Waals surface area contributed by atoms with Gasteiger partial charge in [0, 0.05) is 10.4 Å². The van der Waals surface area contributed by atoms with E-state index in [1.807, 2.05) is 18.2 Å². The van der Waals surface area contributed by atoms with Crippen molar-refractivity contribution in [3.8, 4) is 11.3 Å². The van der Waals surface area contributed by atoms with E-state index in [1.54, 1.807) is 11.3 Å². The number of hydrogen-bond acceptors (Lipinski definition) is 3. The average molecular weight is 232 g/mol. The summed E-state index contributed by atoms with van der Waals surface area (Å²) in [6, 6.07) is 10.2. The van der Waals surface area contributed by atoms with Gasteiger partial charge in [-0.2, -0.15) is 0 Å². The Hall–Kier alpha value is -1.35. The molecule has 84 valence electrons. The van der Waals surface area contributed by atoms with Crippen molar-refractivity contribution in [1.29, 1.82) is 0 Å². The van der Waals surface area contributed by atoms with Crippen molar-refractivity contribution >= 4 is 16.5 Å². The summed E-state index contributed by atoms with van der Waals surface area (Å²) in [5.41, 5.74) is 8.01. The minimum atomic E-state index is 0.627. The molecule has 0 spiro atoms. The second-order valence-corrected chi connectivity index (χ2v) is 5.40. The molecular weight excluding hydrogens is 216 g/mol. The van der Waals surface area contributed by atoms with Gasteiger partial charge in [-0.3, -0.25) is 0 Å². The molecule has 0 atom stereocenters. The number of nitrogens with two attached hydrogens (primary N) is 1. The largest absolute Gasteiger partial charge is 0.375 e. The van der Waals surface area contributed by atoms with Crippen LogP contribution in [0.5, 0.6) is 0 Å². The van der Waals surface area contributed by atoms with Crippen LogP contribution >= 0.6 is 11.3 Å². The van der Waals surface area contributed by atoms with E-state index in [0.29, 0.717) is 11.0 Å². The van der Waals surface area contributed by atoms with Crippen LogP contribution in [0.15, 0.2) is 30.3 Å². The zero-order valence-electron chi connectivity index (χ0n) is 9.60. The summed E-state index contributed by atoms with van der Waals surface area (Å²) in [7, 11) is 0. The first-order valence-corrected chi connectivity index (χ1v) is 6.29. The summed E-state index contributed by atoms with van der Waals surface area (Å²) in [6.07, 6.45) is 1.04. The van der Waals surface area contributed by atoms with Crippen LogP contribution in [0.2, 0.25) is 0 Å². The molecule has 2 N–H and O–H groups in total. The standard InChI is InChI=1S/C13H16N2S/c1-9(2)8-11-12(15-13(14)16-11)10-6-4-3-5-7-10/h3-7,9H,8H2,1-2H3,(H2,14,15). The average Bonchev–Trinajstić information content (AvgIpc) is 2.60. The highest BCUT2D eigenvalue weighted by atomic mass is 32.1. The van der Waals surface area contributed by atoms with Crippen LogP contribution in [0.4, 0.5) is 5.13 Å². The molecule has 0 amide bonds. The molecule has 0 saturated heterocycles. The topological polar surface area (TPSA) is 38.9 Å². The minimum Gasteiger partial charge on any atom is -0.375 e. The maximum Gasteiger partial charge on any atom is 0.180 e. The molecule has 1 aromatic heterocycles. The van der Waals surface area contributed by atoms with E-state index in [9.17, 15) is 0 Å². The van der Waals surface area contributed by atoms with Crippen LogP contribution < -0.4 is 5.73 Å². The van der Waals surface area contributed by atoms with Gasteiger partial charge in [-0.1, -0.05) is 44.2 Å². The number of hydrogen-bond donors (Lipinski definition) is 1. The summed E-state index contributed by atoms with van der Waals surface area (Å²) in [5.74, 6) is 0.627. The molecule has 0 bridgehead atoms. The fraction of sp³-hybridized carbons (Fsp3) is 0.308. The zero-order chi connectivity index (χ0) is 11.5. The Bertz CT molecular complexity index is 460. The third kappa shape index (κ3) is 2.42. The Morgan fingerprint density at radius 1 is 1.25 bits per heavy atom. The van der Waals surface area contributed by atoms with Crippen LogP contribution in [0, 0.1) is 5.92 Å². The number of thiazole rings is 1. The summed E-state index contributed by atoms with van der Waals surface area (Å²) in [5, 5.41) is 0.662. The number of benzene rings is 1. The Morgan fingerprint density at radius 2 is 1.94 bits per heavy atom. The first kappa shape index (κ1) is 11.1. The fourth-order valence-corrected chi connectivity index (χ4v) is 2.77. The predicted octanol–water partition coefficient (Wildman–Crippen LogP) is 3.59. The van der Waals surface area contributed by atoms with Crippen LogP contribution in [0.3, 0.4) is 0 Å². The molecule has 0 aliphatic carbocycles. The Labute approximate surface area is 100 Å². The minimum absolute atomic E-state index is 0.627. The molecular formula is C13H16N2S. The second kappa shape index (κ2) is 4.66. The van der Waals surface area contributed by atoms with Gasteiger partial charge in [-0.25, -0.2) is 4.98 Å². The van der Waals surface area contributed by atoms with Crippen molar-refractivity contribution in [3.05, 3.63) is 35.2 Å². The first-order chi connectivity index (χ1) is 7.66. The molecule has 2 rings (SSSR count). The van der Waals surface area contributed by atoms with Gasteiger partial charge < -0.3 is 5.73 Å². The van der Waals surface area contributed by atoms with Crippen LogP contribution in [-0.4, -0.2) is 4.98 Å². The molecule has 0 saturated carbocycles. The maximum absolute atomic E-state index is 5.80. The van der Waals surface area contributed by atoms with E-state index in [1.165, 1.54) is 4.88 Å².